The topological polar surface area (TPSA) is 68.3 Å². The largest absolute Gasteiger partial charge is 0.340 e. The molecule has 1 N–H and O–H groups in total. The fraction of sp³-hybridized carbons (Fsp3) is 0.444. The highest BCUT2D eigenvalue weighted by atomic mass is 79.9. The van der Waals surface area contributed by atoms with Crippen molar-refractivity contribution in [3.63, 3.8) is 0 Å². The molecule has 7 heteroatoms. The zero-order valence-corrected chi connectivity index (χ0v) is 11.4. The summed E-state index contributed by atoms with van der Waals surface area (Å²) >= 11 is 4.29. The van der Waals surface area contributed by atoms with Gasteiger partial charge in [0.2, 0.25) is 0 Å². The van der Waals surface area contributed by atoms with Gasteiger partial charge in [-0.1, -0.05) is 0 Å². The monoisotopic (exact) mass is 306 g/mol. The van der Waals surface area contributed by atoms with Gasteiger partial charge in [0.1, 0.15) is 4.88 Å². The van der Waals surface area contributed by atoms with Crippen molar-refractivity contribution in [3.8, 4) is 0 Å². The van der Waals surface area contributed by atoms with E-state index in [4.69, 9.17) is 0 Å². The minimum atomic E-state index is -0.651. The highest BCUT2D eigenvalue weighted by Crippen LogP contribution is 2.18. The number of hydrogen-bond donors (Lipinski definition) is 1. The molecule has 0 spiro atoms. The van der Waals surface area contributed by atoms with E-state index < -0.39 is 17.3 Å². The lowest BCUT2D eigenvalue weighted by atomic mass is 9.98. The predicted molar refractivity (Wildman–Crippen MR) is 62.8 cm³/mol. The summed E-state index contributed by atoms with van der Waals surface area (Å²) in [5.41, 5.74) is 1.43. The SMILES string of the molecule is CC(C)(C)C(=O)ONC(=O)c1cnc(Br)s1. The quantitative estimate of drug-likeness (QED) is 0.807. The maximum absolute atomic E-state index is 11.5. The number of nitrogens with zero attached hydrogens (tertiary/aromatic N) is 1. The first-order valence-corrected chi connectivity index (χ1v) is 6.04. The molecule has 0 aliphatic heterocycles. The predicted octanol–water partition coefficient (Wildman–Crippen LogP) is 2.14. The van der Waals surface area contributed by atoms with Crippen LogP contribution in [-0.2, 0) is 9.63 Å². The number of carbonyl (C=O) groups is 2. The molecule has 0 aromatic carbocycles. The van der Waals surface area contributed by atoms with Crippen LogP contribution in [0.15, 0.2) is 10.1 Å². The Morgan fingerprint density at radius 2 is 2.12 bits per heavy atom. The molecule has 0 unspecified atom stereocenters. The summed E-state index contributed by atoms with van der Waals surface area (Å²) in [7, 11) is 0. The molecule has 0 bridgehead atoms. The lowest BCUT2D eigenvalue weighted by Gasteiger charge is -2.15. The average molecular weight is 307 g/mol. The normalized spacial score (nSPS) is 11.0. The molecule has 0 saturated carbocycles. The number of hydroxylamine groups is 1. The Hall–Kier alpha value is -0.950. The third-order valence-electron chi connectivity index (χ3n) is 1.55. The summed E-state index contributed by atoms with van der Waals surface area (Å²) < 4.78 is 0.597. The molecule has 0 fully saturated rings. The van der Waals surface area contributed by atoms with Crippen molar-refractivity contribution < 1.29 is 14.4 Å². The Kier molecular flexibility index (Phi) is 4.03. The van der Waals surface area contributed by atoms with Gasteiger partial charge in [-0.3, -0.25) is 4.79 Å². The highest BCUT2D eigenvalue weighted by Gasteiger charge is 2.24. The molecule has 0 atom stereocenters. The first-order chi connectivity index (χ1) is 7.30. The van der Waals surface area contributed by atoms with Crippen LogP contribution in [0.1, 0.15) is 30.4 Å². The van der Waals surface area contributed by atoms with Gasteiger partial charge in [0.05, 0.1) is 11.6 Å². The van der Waals surface area contributed by atoms with Crippen LogP contribution in [0.25, 0.3) is 0 Å². The van der Waals surface area contributed by atoms with Gasteiger partial charge < -0.3 is 4.84 Å². The lowest BCUT2D eigenvalue weighted by Crippen LogP contribution is -2.32. The molecular formula is C9H11BrN2O3S. The van der Waals surface area contributed by atoms with E-state index in [0.29, 0.717) is 8.79 Å². The summed E-state index contributed by atoms with van der Waals surface area (Å²) in [6, 6.07) is 0. The molecule has 0 radical (unpaired) electrons. The van der Waals surface area contributed by atoms with Crippen molar-refractivity contribution in [1.29, 1.82) is 0 Å². The van der Waals surface area contributed by atoms with E-state index in [1.165, 1.54) is 6.20 Å². The Labute approximate surface area is 105 Å². The van der Waals surface area contributed by atoms with Crippen molar-refractivity contribution in [1.82, 2.24) is 10.5 Å². The number of aromatic nitrogens is 1. The average Bonchev–Trinajstić information content (AvgIpc) is 2.59. The van der Waals surface area contributed by atoms with Crippen LogP contribution in [-0.4, -0.2) is 16.9 Å². The van der Waals surface area contributed by atoms with Gasteiger partial charge in [-0.05, 0) is 36.7 Å². The van der Waals surface area contributed by atoms with Crippen LogP contribution >= 0.6 is 27.3 Å². The molecule has 0 aliphatic rings. The standard InChI is InChI=1S/C9H11BrN2O3S/c1-9(2,3)7(14)15-12-6(13)5-4-11-8(10)16-5/h4H,1-3H3,(H,12,13). The molecule has 16 heavy (non-hydrogen) atoms. The Bertz CT molecular complexity index is 411. The minimum Gasteiger partial charge on any atom is -0.340 e. The lowest BCUT2D eigenvalue weighted by molar-refractivity contribution is -0.158. The summed E-state index contributed by atoms with van der Waals surface area (Å²) in [6.07, 6.45) is 1.40. The van der Waals surface area contributed by atoms with Gasteiger partial charge in [0, 0.05) is 0 Å². The molecule has 1 rings (SSSR count). The van der Waals surface area contributed by atoms with Gasteiger partial charge in [-0.2, -0.15) is 5.48 Å². The first kappa shape index (κ1) is 13.1. The van der Waals surface area contributed by atoms with E-state index in [1.807, 2.05) is 0 Å². The van der Waals surface area contributed by atoms with Crippen LogP contribution in [0.2, 0.25) is 0 Å². The number of nitrogens with one attached hydrogen (secondary N) is 1. The molecule has 1 amide bonds. The summed E-state index contributed by atoms with van der Waals surface area (Å²) in [4.78, 5) is 31.7. The van der Waals surface area contributed by atoms with Crippen LogP contribution in [0, 0.1) is 5.41 Å². The number of thiazole rings is 1. The van der Waals surface area contributed by atoms with Crippen molar-refractivity contribution in [3.05, 3.63) is 15.0 Å². The molecule has 1 aromatic heterocycles. The van der Waals surface area contributed by atoms with Crippen LogP contribution in [0.3, 0.4) is 0 Å². The first-order valence-electron chi connectivity index (χ1n) is 4.43. The van der Waals surface area contributed by atoms with E-state index in [2.05, 4.69) is 31.2 Å². The third kappa shape index (κ3) is 3.57. The van der Waals surface area contributed by atoms with Crippen LogP contribution in [0.4, 0.5) is 0 Å². The maximum Gasteiger partial charge on any atom is 0.337 e. The second-order valence-electron chi connectivity index (χ2n) is 4.05. The number of carbonyl (C=O) groups excluding carboxylic acids is 2. The van der Waals surface area contributed by atoms with E-state index in [1.54, 1.807) is 20.8 Å². The number of amides is 1. The van der Waals surface area contributed by atoms with Gasteiger partial charge in [-0.25, -0.2) is 9.78 Å². The van der Waals surface area contributed by atoms with Gasteiger partial charge in [0.15, 0.2) is 3.92 Å². The van der Waals surface area contributed by atoms with E-state index in [0.717, 1.165) is 11.3 Å². The van der Waals surface area contributed by atoms with Gasteiger partial charge in [-0.15, -0.1) is 11.3 Å². The number of rotatable bonds is 1. The fourth-order valence-electron chi connectivity index (χ4n) is 0.654. The van der Waals surface area contributed by atoms with E-state index in [-0.39, 0.29) is 0 Å². The highest BCUT2D eigenvalue weighted by molar-refractivity contribution is 9.11. The van der Waals surface area contributed by atoms with Gasteiger partial charge in [0.25, 0.3) is 5.91 Å². The fourth-order valence-corrected chi connectivity index (χ4v) is 1.81. The second-order valence-corrected chi connectivity index (χ2v) is 6.35. The zero-order chi connectivity index (χ0) is 12.3. The molecule has 88 valence electrons. The smallest absolute Gasteiger partial charge is 0.337 e. The zero-order valence-electron chi connectivity index (χ0n) is 9.04. The Morgan fingerprint density at radius 3 is 2.56 bits per heavy atom. The van der Waals surface area contributed by atoms with Crippen LogP contribution < -0.4 is 5.48 Å². The van der Waals surface area contributed by atoms with Crippen LogP contribution in [0.5, 0.6) is 0 Å². The molecular weight excluding hydrogens is 296 g/mol. The molecule has 5 nitrogen and oxygen atoms in total. The van der Waals surface area contributed by atoms with Crippen molar-refractivity contribution in [2.75, 3.05) is 0 Å². The minimum absolute atomic E-state index is 0.369. The van der Waals surface area contributed by atoms with E-state index in [9.17, 15) is 9.59 Å². The Balaban J connectivity index is 2.51. The van der Waals surface area contributed by atoms with E-state index >= 15 is 0 Å². The van der Waals surface area contributed by atoms with Crippen molar-refractivity contribution in [2.45, 2.75) is 20.8 Å². The summed E-state index contributed by atoms with van der Waals surface area (Å²) in [5, 5.41) is 0. The number of hydrogen-bond acceptors (Lipinski definition) is 5. The maximum atomic E-state index is 11.5. The summed E-state index contributed by atoms with van der Waals surface area (Å²) in [6.45, 7) is 5.10. The molecule has 1 heterocycles. The van der Waals surface area contributed by atoms with Crippen molar-refractivity contribution in [2.24, 2.45) is 5.41 Å². The molecule has 0 aliphatic carbocycles. The second kappa shape index (κ2) is 4.92. The molecule has 1 aromatic rings. The number of halogens is 1. The third-order valence-corrected chi connectivity index (χ3v) is 3.02. The Morgan fingerprint density at radius 1 is 1.50 bits per heavy atom. The molecule has 0 saturated heterocycles. The van der Waals surface area contributed by atoms with Gasteiger partial charge >= 0.3 is 5.97 Å². The summed E-state index contributed by atoms with van der Waals surface area (Å²) in [5.74, 6) is -0.981. The van der Waals surface area contributed by atoms with Crippen molar-refractivity contribution >= 4 is 39.1 Å².